The number of carbonyl (C=O) groups excluding carboxylic acids is 1. The lowest BCUT2D eigenvalue weighted by atomic mass is 9.89. The van der Waals surface area contributed by atoms with Crippen LogP contribution in [0.4, 0.5) is 5.69 Å². The first kappa shape index (κ1) is 17.5. The van der Waals surface area contributed by atoms with Crippen molar-refractivity contribution in [3.63, 3.8) is 0 Å². The lowest BCUT2D eigenvalue weighted by Gasteiger charge is -2.32. The predicted octanol–water partition coefficient (Wildman–Crippen LogP) is 4.52. The van der Waals surface area contributed by atoms with Gasteiger partial charge in [-0.3, -0.25) is 4.79 Å². The number of aryl methyl sites for hydroxylation is 1. The molecule has 3 nitrogen and oxygen atoms in total. The van der Waals surface area contributed by atoms with E-state index in [1.807, 2.05) is 25.1 Å². The fourth-order valence-electron chi connectivity index (χ4n) is 2.58. The molecule has 1 rings (SSSR count). The Bertz CT molecular complexity index is 456. The molecule has 0 aromatic heterocycles. The van der Waals surface area contributed by atoms with E-state index in [4.69, 9.17) is 0 Å². The van der Waals surface area contributed by atoms with E-state index in [2.05, 4.69) is 38.3 Å². The lowest BCUT2D eigenvalue weighted by molar-refractivity contribution is 0.0889. The minimum absolute atomic E-state index is 0.0304. The van der Waals surface area contributed by atoms with Crippen LogP contribution < -0.4 is 10.6 Å². The minimum Gasteiger partial charge on any atom is -0.384 e. The van der Waals surface area contributed by atoms with Crippen molar-refractivity contribution in [3.8, 4) is 0 Å². The van der Waals surface area contributed by atoms with Gasteiger partial charge in [-0.25, -0.2) is 0 Å². The summed E-state index contributed by atoms with van der Waals surface area (Å²) in [5.41, 5.74) is 2.70. The standard InChI is InChI=1S/C18H30N2O/c1-6-12-19-16-11-10-14(5)13-15(16)17(21)20-18(7-2,8-3)9-4/h10-11,13,19H,6-9,12H2,1-5H3,(H,20,21). The summed E-state index contributed by atoms with van der Waals surface area (Å²) >= 11 is 0. The largest absolute Gasteiger partial charge is 0.384 e. The third kappa shape index (κ3) is 4.48. The van der Waals surface area contributed by atoms with Crippen molar-refractivity contribution >= 4 is 11.6 Å². The van der Waals surface area contributed by atoms with Crippen LogP contribution in [0.1, 0.15) is 69.3 Å². The molecule has 0 aliphatic rings. The second-order valence-corrected chi connectivity index (χ2v) is 5.77. The molecule has 2 N–H and O–H groups in total. The molecule has 0 saturated carbocycles. The van der Waals surface area contributed by atoms with E-state index in [1.165, 1.54) is 0 Å². The molecular weight excluding hydrogens is 260 g/mol. The average Bonchev–Trinajstić information content (AvgIpc) is 2.51. The van der Waals surface area contributed by atoms with Gasteiger partial charge in [-0.1, -0.05) is 39.3 Å². The number of anilines is 1. The highest BCUT2D eigenvalue weighted by molar-refractivity contribution is 6.00. The summed E-state index contributed by atoms with van der Waals surface area (Å²) in [6, 6.07) is 6.02. The van der Waals surface area contributed by atoms with Gasteiger partial charge in [-0.15, -0.1) is 0 Å². The number of rotatable bonds is 8. The number of nitrogens with one attached hydrogen (secondary N) is 2. The number of hydrogen-bond acceptors (Lipinski definition) is 2. The molecule has 0 saturated heterocycles. The Balaban J connectivity index is 3.02. The van der Waals surface area contributed by atoms with Crippen LogP contribution in [0.25, 0.3) is 0 Å². The van der Waals surface area contributed by atoms with Crippen molar-refractivity contribution in [2.24, 2.45) is 0 Å². The summed E-state index contributed by atoms with van der Waals surface area (Å²) in [4.78, 5) is 12.7. The predicted molar refractivity (Wildman–Crippen MR) is 91.0 cm³/mol. The van der Waals surface area contributed by atoms with Crippen LogP contribution in [-0.2, 0) is 0 Å². The summed E-state index contributed by atoms with van der Waals surface area (Å²) in [7, 11) is 0. The molecule has 0 aliphatic carbocycles. The first-order valence-corrected chi connectivity index (χ1v) is 8.18. The maximum atomic E-state index is 12.7. The van der Waals surface area contributed by atoms with Gasteiger partial charge < -0.3 is 10.6 Å². The van der Waals surface area contributed by atoms with E-state index in [1.54, 1.807) is 0 Å². The molecule has 0 bridgehead atoms. The summed E-state index contributed by atoms with van der Waals surface area (Å²) < 4.78 is 0. The highest BCUT2D eigenvalue weighted by Gasteiger charge is 2.27. The Hall–Kier alpha value is -1.51. The van der Waals surface area contributed by atoms with E-state index in [0.29, 0.717) is 0 Å². The first-order chi connectivity index (χ1) is 10.0. The van der Waals surface area contributed by atoms with Crippen LogP contribution in [0.3, 0.4) is 0 Å². The van der Waals surface area contributed by atoms with Gasteiger partial charge in [0.1, 0.15) is 0 Å². The van der Waals surface area contributed by atoms with E-state index in [9.17, 15) is 4.79 Å². The van der Waals surface area contributed by atoms with Crippen molar-refractivity contribution in [2.75, 3.05) is 11.9 Å². The number of hydrogen-bond donors (Lipinski definition) is 2. The zero-order valence-corrected chi connectivity index (χ0v) is 14.2. The highest BCUT2D eigenvalue weighted by Crippen LogP contribution is 2.23. The molecule has 0 fully saturated rings. The molecule has 0 unspecified atom stereocenters. The summed E-state index contributed by atoms with van der Waals surface area (Å²) in [5.74, 6) is 0.0304. The molecule has 1 amide bonds. The molecule has 21 heavy (non-hydrogen) atoms. The third-order valence-corrected chi connectivity index (χ3v) is 4.39. The highest BCUT2D eigenvalue weighted by atomic mass is 16.1. The SMILES string of the molecule is CCCNc1ccc(C)cc1C(=O)NC(CC)(CC)CC. The van der Waals surface area contributed by atoms with E-state index >= 15 is 0 Å². The van der Waals surface area contributed by atoms with Crippen LogP contribution in [0.5, 0.6) is 0 Å². The van der Waals surface area contributed by atoms with Gasteiger partial charge in [0.2, 0.25) is 0 Å². The normalized spacial score (nSPS) is 11.3. The average molecular weight is 290 g/mol. The molecule has 0 spiro atoms. The van der Waals surface area contributed by atoms with Gasteiger partial charge in [-0.05, 0) is 44.7 Å². The van der Waals surface area contributed by atoms with Gasteiger partial charge in [0.25, 0.3) is 5.91 Å². The summed E-state index contributed by atoms with van der Waals surface area (Å²) in [5, 5.41) is 6.61. The van der Waals surface area contributed by atoms with Gasteiger partial charge in [0.05, 0.1) is 5.56 Å². The van der Waals surface area contributed by atoms with E-state index in [0.717, 1.165) is 49.0 Å². The molecule has 0 heterocycles. The summed E-state index contributed by atoms with van der Waals surface area (Å²) in [6.45, 7) is 11.4. The smallest absolute Gasteiger partial charge is 0.253 e. The quantitative estimate of drug-likeness (QED) is 0.739. The summed E-state index contributed by atoms with van der Waals surface area (Å²) in [6.07, 6.45) is 3.90. The maximum Gasteiger partial charge on any atom is 0.253 e. The van der Waals surface area contributed by atoms with Crippen LogP contribution in [-0.4, -0.2) is 18.0 Å². The van der Waals surface area contributed by atoms with E-state index < -0.39 is 0 Å². The first-order valence-electron chi connectivity index (χ1n) is 8.18. The van der Waals surface area contributed by atoms with Crippen molar-refractivity contribution in [3.05, 3.63) is 29.3 Å². The van der Waals surface area contributed by atoms with Crippen molar-refractivity contribution in [1.82, 2.24) is 5.32 Å². The Labute approximate surface area is 129 Å². The van der Waals surface area contributed by atoms with Gasteiger partial charge in [0, 0.05) is 17.8 Å². The zero-order valence-electron chi connectivity index (χ0n) is 14.2. The Morgan fingerprint density at radius 1 is 1.10 bits per heavy atom. The van der Waals surface area contributed by atoms with Crippen LogP contribution in [0.2, 0.25) is 0 Å². The van der Waals surface area contributed by atoms with Crippen molar-refractivity contribution < 1.29 is 4.79 Å². The Morgan fingerprint density at radius 3 is 2.24 bits per heavy atom. The van der Waals surface area contributed by atoms with Gasteiger partial charge >= 0.3 is 0 Å². The maximum absolute atomic E-state index is 12.7. The fraction of sp³-hybridized carbons (Fsp3) is 0.611. The monoisotopic (exact) mass is 290 g/mol. The molecule has 3 heteroatoms. The minimum atomic E-state index is -0.0944. The second-order valence-electron chi connectivity index (χ2n) is 5.77. The molecule has 1 aromatic carbocycles. The van der Waals surface area contributed by atoms with Gasteiger partial charge in [0.15, 0.2) is 0 Å². The number of benzene rings is 1. The van der Waals surface area contributed by atoms with Crippen LogP contribution >= 0.6 is 0 Å². The van der Waals surface area contributed by atoms with Crippen LogP contribution in [0, 0.1) is 6.92 Å². The molecule has 0 aliphatic heterocycles. The molecule has 1 aromatic rings. The Kier molecular flexibility index (Phi) is 6.73. The zero-order chi connectivity index (χ0) is 15.9. The third-order valence-electron chi connectivity index (χ3n) is 4.39. The molecule has 0 atom stereocenters. The molecular formula is C18H30N2O. The van der Waals surface area contributed by atoms with Gasteiger partial charge in [-0.2, -0.15) is 0 Å². The lowest BCUT2D eigenvalue weighted by Crippen LogP contribution is -2.47. The number of carbonyl (C=O) groups is 1. The van der Waals surface area contributed by atoms with Crippen molar-refractivity contribution in [1.29, 1.82) is 0 Å². The fourth-order valence-corrected chi connectivity index (χ4v) is 2.58. The molecule has 0 radical (unpaired) electrons. The molecule has 118 valence electrons. The van der Waals surface area contributed by atoms with Crippen LogP contribution in [0.15, 0.2) is 18.2 Å². The number of amides is 1. The Morgan fingerprint density at radius 2 is 1.71 bits per heavy atom. The second kappa shape index (κ2) is 8.06. The topological polar surface area (TPSA) is 41.1 Å². The van der Waals surface area contributed by atoms with Crippen molar-refractivity contribution in [2.45, 2.75) is 65.8 Å². The van der Waals surface area contributed by atoms with E-state index in [-0.39, 0.29) is 11.4 Å².